The Hall–Kier alpha value is -2.54. The van der Waals surface area contributed by atoms with Gasteiger partial charge in [-0.15, -0.1) is 0 Å². The van der Waals surface area contributed by atoms with Crippen LogP contribution in [0, 0.1) is 5.92 Å². The molecule has 0 aromatic heterocycles. The molecular formula is C16H17ClN2O5. The van der Waals surface area contributed by atoms with Crippen LogP contribution in [-0.2, 0) is 19.1 Å². The van der Waals surface area contributed by atoms with Crippen molar-refractivity contribution < 1.29 is 23.9 Å². The Labute approximate surface area is 144 Å². The molecule has 2 N–H and O–H groups in total. The number of carbonyl (C=O) groups is 3. The summed E-state index contributed by atoms with van der Waals surface area (Å²) in [5, 5.41) is 5.60. The van der Waals surface area contributed by atoms with Gasteiger partial charge in [0.25, 0.3) is 0 Å². The topological polar surface area (TPSA) is 93.7 Å². The monoisotopic (exact) mass is 352 g/mol. The third-order valence-electron chi connectivity index (χ3n) is 3.61. The maximum atomic E-state index is 12.6. The Kier molecular flexibility index (Phi) is 5.46. The first kappa shape index (κ1) is 17.8. The normalized spacial score (nSPS) is 17.2. The fourth-order valence-corrected chi connectivity index (χ4v) is 2.68. The van der Waals surface area contributed by atoms with Gasteiger partial charge in [0.2, 0.25) is 11.8 Å². The first-order chi connectivity index (χ1) is 11.4. The largest absolute Gasteiger partial charge is 0.495 e. The molecule has 1 aliphatic heterocycles. The number of carbonyl (C=O) groups excluding carboxylic acids is 3. The van der Waals surface area contributed by atoms with Crippen LogP contribution < -0.4 is 15.4 Å². The van der Waals surface area contributed by atoms with E-state index in [2.05, 4.69) is 10.6 Å². The second-order valence-electron chi connectivity index (χ2n) is 5.17. The van der Waals surface area contributed by atoms with Gasteiger partial charge < -0.3 is 20.1 Å². The number of esters is 1. The molecule has 24 heavy (non-hydrogen) atoms. The van der Waals surface area contributed by atoms with Gasteiger partial charge in [-0.1, -0.05) is 11.6 Å². The highest BCUT2D eigenvalue weighted by Crippen LogP contribution is 2.30. The van der Waals surface area contributed by atoms with Crippen LogP contribution in [0.4, 0.5) is 5.69 Å². The molecule has 1 unspecified atom stereocenters. The van der Waals surface area contributed by atoms with Crippen LogP contribution in [0.5, 0.6) is 5.75 Å². The Bertz CT molecular complexity index is 729. The molecule has 1 atom stereocenters. The zero-order valence-electron chi connectivity index (χ0n) is 13.4. The van der Waals surface area contributed by atoms with Crippen molar-refractivity contribution >= 4 is 35.1 Å². The summed E-state index contributed by atoms with van der Waals surface area (Å²) in [6.07, 6.45) is -0.156. The fraction of sp³-hybridized carbons (Fsp3) is 0.312. The molecule has 7 nitrogen and oxygen atoms in total. The number of amides is 2. The van der Waals surface area contributed by atoms with Crippen LogP contribution in [0.3, 0.4) is 0 Å². The Morgan fingerprint density at radius 1 is 1.33 bits per heavy atom. The first-order valence-electron chi connectivity index (χ1n) is 7.10. The van der Waals surface area contributed by atoms with E-state index >= 15 is 0 Å². The molecule has 0 saturated heterocycles. The van der Waals surface area contributed by atoms with E-state index in [-0.39, 0.29) is 17.9 Å². The zero-order valence-corrected chi connectivity index (χ0v) is 14.2. The third kappa shape index (κ3) is 3.68. The highest BCUT2D eigenvalue weighted by atomic mass is 35.5. The number of anilines is 1. The lowest BCUT2D eigenvalue weighted by Crippen LogP contribution is -2.40. The second-order valence-corrected chi connectivity index (χ2v) is 5.61. The molecule has 1 aromatic rings. The van der Waals surface area contributed by atoms with Crippen molar-refractivity contribution in [3.8, 4) is 5.75 Å². The highest BCUT2D eigenvalue weighted by Gasteiger charge is 2.36. The summed E-state index contributed by atoms with van der Waals surface area (Å²) < 4.78 is 9.89. The molecule has 1 heterocycles. The number of hydrogen-bond donors (Lipinski definition) is 2. The number of allylic oxidation sites excluding steroid dienone is 1. The summed E-state index contributed by atoms with van der Waals surface area (Å²) in [4.78, 5) is 36.4. The van der Waals surface area contributed by atoms with Gasteiger partial charge in [-0.05, 0) is 25.1 Å². The fourth-order valence-electron chi connectivity index (χ4n) is 2.50. The van der Waals surface area contributed by atoms with Gasteiger partial charge in [0, 0.05) is 17.1 Å². The number of halogens is 1. The molecule has 1 aliphatic rings. The molecule has 0 aliphatic carbocycles. The second kappa shape index (κ2) is 7.35. The van der Waals surface area contributed by atoms with Crippen LogP contribution >= 0.6 is 11.6 Å². The predicted octanol–water partition coefficient (Wildman–Crippen LogP) is 1.87. The molecule has 2 rings (SSSR count). The van der Waals surface area contributed by atoms with Crippen LogP contribution in [0.2, 0.25) is 5.02 Å². The van der Waals surface area contributed by atoms with Gasteiger partial charge in [-0.25, -0.2) is 4.79 Å². The highest BCUT2D eigenvalue weighted by molar-refractivity contribution is 6.31. The Balaban J connectivity index is 2.34. The quantitative estimate of drug-likeness (QED) is 0.807. The summed E-state index contributed by atoms with van der Waals surface area (Å²) in [7, 11) is 2.67. The average molecular weight is 353 g/mol. The molecule has 2 amide bonds. The molecule has 0 spiro atoms. The molecule has 0 fully saturated rings. The van der Waals surface area contributed by atoms with Crippen molar-refractivity contribution in [3.63, 3.8) is 0 Å². The van der Waals surface area contributed by atoms with Crippen LogP contribution in [0.25, 0.3) is 0 Å². The molecule has 1 aromatic carbocycles. The molecule has 128 valence electrons. The summed E-state index contributed by atoms with van der Waals surface area (Å²) >= 11 is 5.94. The molecule has 0 radical (unpaired) electrons. The minimum absolute atomic E-state index is 0.121. The van der Waals surface area contributed by atoms with E-state index in [1.807, 2.05) is 0 Å². The minimum atomic E-state index is -0.963. The van der Waals surface area contributed by atoms with Gasteiger partial charge >= 0.3 is 5.97 Å². The van der Waals surface area contributed by atoms with E-state index in [0.29, 0.717) is 22.2 Å². The number of benzene rings is 1. The van der Waals surface area contributed by atoms with Crippen molar-refractivity contribution in [1.29, 1.82) is 0 Å². The van der Waals surface area contributed by atoms with E-state index in [4.69, 9.17) is 21.1 Å². The van der Waals surface area contributed by atoms with Crippen molar-refractivity contribution in [2.75, 3.05) is 19.5 Å². The van der Waals surface area contributed by atoms with Gasteiger partial charge in [0.15, 0.2) is 0 Å². The number of hydrogen-bond acceptors (Lipinski definition) is 5. The van der Waals surface area contributed by atoms with Crippen molar-refractivity contribution in [1.82, 2.24) is 5.32 Å². The van der Waals surface area contributed by atoms with Gasteiger partial charge in [-0.2, -0.15) is 0 Å². The summed E-state index contributed by atoms with van der Waals surface area (Å²) in [5.74, 6) is -2.09. The van der Waals surface area contributed by atoms with E-state index in [0.717, 1.165) is 0 Å². The van der Waals surface area contributed by atoms with Crippen LogP contribution in [0.15, 0.2) is 29.5 Å². The first-order valence-corrected chi connectivity index (χ1v) is 7.48. The summed E-state index contributed by atoms with van der Waals surface area (Å²) in [5.41, 5.74) is 0.773. The lowest BCUT2D eigenvalue weighted by Gasteiger charge is -2.25. The summed E-state index contributed by atoms with van der Waals surface area (Å²) in [6.45, 7) is 1.55. The van der Waals surface area contributed by atoms with Crippen LogP contribution in [0.1, 0.15) is 13.3 Å². The molecule has 0 saturated carbocycles. The summed E-state index contributed by atoms with van der Waals surface area (Å²) in [6, 6.07) is 4.75. The lowest BCUT2D eigenvalue weighted by molar-refractivity contribution is -0.139. The van der Waals surface area contributed by atoms with Gasteiger partial charge in [0.1, 0.15) is 5.75 Å². The van der Waals surface area contributed by atoms with E-state index in [1.165, 1.54) is 20.3 Å². The van der Waals surface area contributed by atoms with Crippen LogP contribution in [-0.4, -0.2) is 32.0 Å². The average Bonchev–Trinajstić information content (AvgIpc) is 2.53. The maximum absolute atomic E-state index is 12.6. The zero-order chi connectivity index (χ0) is 17.9. The minimum Gasteiger partial charge on any atom is -0.495 e. The number of nitrogens with one attached hydrogen (secondary N) is 2. The van der Waals surface area contributed by atoms with Gasteiger partial charge in [-0.3, -0.25) is 9.59 Å². The Morgan fingerprint density at radius 3 is 2.67 bits per heavy atom. The lowest BCUT2D eigenvalue weighted by atomic mass is 9.89. The van der Waals surface area contributed by atoms with Crippen molar-refractivity contribution in [3.05, 3.63) is 34.5 Å². The molecular weight excluding hydrogens is 336 g/mol. The predicted molar refractivity (Wildman–Crippen MR) is 87.6 cm³/mol. The maximum Gasteiger partial charge on any atom is 0.336 e. The SMILES string of the molecule is COC(=O)C1=C(C)NC(=O)CC1C(=O)Nc1cc(Cl)ccc1OC. The van der Waals surface area contributed by atoms with Gasteiger partial charge in [0.05, 0.1) is 31.4 Å². The van der Waals surface area contributed by atoms with E-state index in [1.54, 1.807) is 19.1 Å². The van der Waals surface area contributed by atoms with Crippen molar-refractivity contribution in [2.24, 2.45) is 5.92 Å². The van der Waals surface area contributed by atoms with E-state index in [9.17, 15) is 14.4 Å². The molecule has 8 heteroatoms. The standard InChI is InChI=1S/C16H17ClN2O5/c1-8-14(16(22)24-3)10(7-13(20)18-8)15(21)19-11-6-9(17)4-5-12(11)23-2/h4-6,10H,7H2,1-3H3,(H,18,20)(H,19,21). The number of ether oxygens (including phenoxy) is 2. The Morgan fingerprint density at radius 2 is 2.04 bits per heavy atom. The smallest absolute Gasteiger partial charge is 0.336 e. The number of methoxy groups -OCH3 is 2. The van der Waals surface area contributed by atoms with E-state index < -0.39 is 17.8 Å². The molecule has 0 bridgehead atoms. The number of rotatable bonds is 4. The van der Waals surface area contributed by atoms with Crippen molar-refractivity contribution in [2.45, 2.75) is 13.3 Å². The third-order valence-corrected chi connectivity index (χ3v) is 3.85.